The summed E-state index contributed by atoms with van der Waals surface area (Å²) in [7, 11) is 0. The smallest absolute Gasteiger partial charge is 0.213 e. The molecule has 1 aromatic heterocycles. The van der Waals surface area contributed by atoms with E-state index in [1.165, 1.54) is 18.4 Å². The fourth-order valence-corrected chi connectivity index (χ4v) is 1.97. The highest BCUT2D eigenvalue weighted by molar-refractivity contribution is 5.17. The number of aromatic nitrogens is 1. The fourth-order valence-electron chi connectivity index (χ4n) is 1.97. The van der Waals surface area contributed by atoms with Crippen LogP contribution in [0.1, 0.15) is 32.3 Å². The largest absolute Gasteiger partial charge is 0.476 e. The van der Waals surface area contributed by atoms with E-state index in [0.29, 0.717) is 6.61 Å². The zero-order chi connectivity index (χ0) is 13.5. The van der Waals surface area contributed by atoms with E-state index in [-0.39, 0.29) is 0 Å². The second kappa shape index (κ2) is 7.46. The molecule has 0 aromatic carbocycles. The summed E-state index contributed by atoms with van der Waals surface area (Å²) in [6, 6.07) is 4.80. The molecular formula is C15H25N3O. The van der Waals surface area contributed by atoms with Crippen LogP contribution in [-0.2, 0) is 6.54 Å². The van der Waals surface area contributed by atoms with Crippen molar-refractivity contribution < 1.29 is 4.74 Å². The van der Waals surface area contributed by atoms with Gasteiger partial charge in [-0.3, -0.25) is 0 Å². The third-order valence-corrected chi connectivity index (χ3v) is 3.52. The zero-order valence-corrected chi connectivity index (χ0v) is 12.1. The number of hydrogen-bond acceptors (Lipinski definition) is 4. The Morgan fingerprint density at radius 1 is 1.32 bits per heavy atom. The van der Waals surface area contributed by atoms with Crippen LogP contribution in [0.15, 0.2) is 18.3 Å². The van der Waals surface area contributed by atoms with E-state index < -0.39 is 0 Å². The maximum atomic E-state index is 5.66. The Morgan fingerprint density at radius 2 is 2.11 bits per heavy atom. The lowest BCUT2D eigenvalue weighted by atomic mass is 10.3. The van der Waals surface area contributed by atoms with Crippen molar-refractivity contribution in [2.75, 3.05) is 26.2 Å². The number of nitrogens with zero attached hydrogens (tertiary/aromatic N) is 2. The van der Waals surface area contributed by atoms with E-state index in [0.717, 1.165) is 38.1 Å². The van der Waals surface area contributed by atoms with E-state index >= 15 is 0 Å². The molecule has 0 unspecified atom stereocenters. The van der Waals surface area contributed by atoms with Gasteiger partial charge in [0.05, 0.1) is 0 Å². The molecule has 1 saturated carbocycles. The summed E-state index contributed by atoms with van der Waals surface area (Å²) in [6.45, 7) is 9.05. The summed E-state index contributed by atoms with van der Waals surface area (Å²) < 4.78 is 5.66. The number of nitrogens with one attached hydrogen (secondary N) is 1. The molecule has 0 bridgehead atoms. The van der Waals surface area contributed by atoms with Crippen molar-refractivity contribution in [2.45, 2.75) is 39.3 Å². The Hall–Kier alpha value is -1.13. The third kappa shape index (κ3) is 5.17. The maximum Gasteiger partial charge on any atom is 0.213 e. The first-order valence-electron chi connectivity index (χ1n) is 7.35. The van der Waals surface area contributed by atoms with Gasteiger partial charge in [0.2, 0.25) is 5.88 Å². The summed E-state index contributed by atoms with van der Waals surface area (Å²) in [5.74, 6) is 0.724. The summed E-state index contributed by atoms with van der Waals surface area (Å²) >= 11 is 0. The summed E-state index contributed by atoms with van der Waals surface area (Å²) in [6.07, 6.45) is 4.54. The van der Waals surface area contributed by atoms with Gasteiger partial charge in [-0.25, -0.2) is 4.98 Å². The molecule has 4 heteroatoms. The standard InChI is InChI=1S/C15H25N3O/c1-3-18(4-2)9-10-19-15-8-5-13(12-17-15)11-16-14-6-7-14/h5,8,12,14,16H,3-4,6-7,9-11H2,1-2H3. The van der Waals surface area contributed by atoms with Crippen LogP contribution >= 0.6 is 0 Å². The van der Waals surface area contributed by atoms with E-state index in [9.17, 15) is 0 Å². The van der Waals surface area contributed by atoms with Crippen molar-refractivity contribution in [3.05, 3.63) is 23.9 Å². The van der Waals surface area contributed by atoms with Crippen LogP contribution in [-0.4, -0.2) is 42.2 Å². The van der Waals surface area contributed by atoms with Crippen molar-refractivity contribution >= 4 is 0 Å². The molecule has 1 aromatic rings. The van der Waals surface area contributed by atoms with Crippen LogP contribution in [0.5, 0.6) is 5.88 Å². The van der Waals surface area contributed by atoms with Gasteiger partial charge < -0.3 is 15.0 Å². The van der Waals surface area contributed by atoms with E-state index in [1.807, 2.05) is 12.3 Å². The first kappa shape index (κ1) is 14.3. The van der Waals surface area contributed by atoms with E-state index in [2.05, 4.69) is 35.1 Å². The maximum absolute atomic E-state index is 5.66. The van der Waals surface area contributed by atoms with Gasteiger partial charge in [-0.1, -0.05) is 19.9 Å². The van der Waals surface area contributed by atoms with Crippen molar-refractivity contribution in [3.8, 4) is 5.88 Å². The third-order valence-electron chi connectivity index (χ3n) is 3.52. The predicted octanol–water partition coefficient (Wildman–Crippen LogP) is 2.05. The predicted molar refractivity (Wildman–Crippen MR) is 77.4 cm³/mol. The summed E-state index contributed by atoms with van der Waals surface area (Å²) in [4.78, 5) is 6.69. The summed E-state index contributed by atoms with van der Waals surface area (Å²) in [5, 5.41) is 3.48. The number of hydrogen-bond donors (Lipinski definition) is 1. The second-order valence-electron chi connectivity index (χ2n) is 5.04. The first-order valence-corrected chi connectivity index (χ1v) is 7.35. The molecule has 1 N–H and O–H groups in total. The molecule has 0 aliphatic heterocycles. The lowest BCUT2D eigenvalue weighted by Crippen LogP contribution is -2.28. The lowest BCUT2D eigenvalue weighted by Gasteiger charge is -2.17. The van der Waals surface area contributed by atoms with Gasteiger partial charge >= 0.3 is 0 Å². The Kier molecular flexibility index (Phi) is 5.61. The van der Waals surface area contributed by atoms with Crippen LogP contribution in [0.4, 0.5) is 0 Å². The van der Waals surface area contributed by atoms with Crippen molar-refractivity contribution in [1.82, 2.24) is 15.2 Å². The molecule has 1 fully saturated rings. The Balaban J connectivity index is 1.68. The molecule has 1 aliphatic rings. The number of pyridine rings is 1. The number of ether oxygens (including phenoxy) is 1. The lowest BCUT2D eigenvalue weighted by molar-refractivity contribution is 0.218. The zero-order valence-electron chi connectivity index (χ0n) is 12.1. The highest BCUT2D eigenvalue weighted by Crippen LogP contribution is 2.19. The van der Waals surface area contributed by atoms with Gasteiger partial charge in [0.25, 0.3) is 0 Å². The molecule has 0 radical (unpaired) electrons. The number of rotatable bonds is 9. The van der Waals surface area contributed by atoms with E-state index in [4.69, 9.17) is 4.74 Å². The summed E-state index contributed by atoms with van der Waals surface area (Å²) in [5.41, 5.74) is 1.22. The van der Waals surface area contributed by atoms with Crippen molar-refractivity contribution in [3.63, 3.8) is 0 Å². The van der Waals surface area contributed by atoms with Crippen LogP contribution in [0.25, 0.3) is 0 Å². The molecular weight excluding hydrogens is 238 g/mol. The Labute approximate surface area is 116 Å². The minimum Gasteiger partial charge on any atom is -0.476 e. The quantitative estimate of drug-likeness (QED) is 0.740. The molecule has 0 amide bonds. The molecule has 0 saturated heterocycles. The average Bonchev–Trinajstić information content (AvgIpc) is 3.27. The molecule has 2 rings (SSSR count). The van der Waals surface area contributed by atoms with Crippen LogP contribution < -0.4 is 10.1 Å². The normalized spacial score (nSPS) is 14.9. The van der Waals surface area contributed by atoms with Gasteiger partial charge in [0.15, 0.2) is 0 Å². The minimum atomic E-state index is 0.703. The van der Waals surface area contributed by atoms with Crippen LogP contribution in [0.2, 0.25) is 0 Å². The SMILES string of the molecule is CCN(CC)CCOc1ccc(CNC2CC2)cn1. The molecule has 0 atom stereocenters. The topological polar surface area (TPSA) is 37.4 Å². The van der Waals surface area contributed by atoms with Gasteiger partial charge in [-0.2, -0.15) is 0 Å². The monoisotopic (exact) mass is 263 g/mol. The van der Waals surface area contributed by atoms with Gasteiger partial charge in [0, 0.05) is 31.4 Å². The highest BCUT2D eigenvalue weighted by Gasteiger charge is 2.19. The van der Waals surface area contributed by atoms with Crippen molar-refractivity contribution in [1.29, 1.82) is 0 Å². The first-order chi connectivity index (χ1) is 9.31. The van der Waals surface area contributed by atoms with Crippen LogP contribution in [0.3, 0.4) is 0 Å². The minimum absolute atomic E-state index is 0.703. The molecule has 106 valence electrons. The molecule has 4 nitrogen and oxygen atoms in total. The fraction of sp³-hybridized carbons (Fsp3) is 0.667. The van der Waals surface area contributed by atoms with Gasteiger partial charge in [0.1, 0.15) is 6.61 Å². The molecule has 1 heterocycles. The Bertz CT molecular complexity index is 358. The Morgan fingerprint density at radius 3 is 2.68 bits per heavy atom. The van der Waals surface area contributed by atoms with E-state index in [1.54, 1.807) is 0 Å². The van der Waals surface area contributed by atoms with Crippen LogP contribution in [0, 0.1) is 0 Å². The second-order valence-corrected chi connectivity index (χ2v) is 5.04. The molecule has 0 spiro atoms. The number of likely N-dealkylation sites (N-methyl/N-ethyl adjacent to an activating group) is 1. The van der Waals surface area contributed by atoms with Crippen molar-refractivity contribution in [2.24, 2.45) is 0 Å². The average molecular weight is 263 g/mol. The highest BCUT2D eigenvalue weighted by atomic mass is 16.5. The van der Waals surface area contributed by atoms with Gasteiger partial charge in [-0.05, 0) is 31.5 Å². The van der Waals surface area contributed by atoms with Gasteiger partial charge in [-0.15, -0.1) is 0 Å². The molecule has 19 heavy (non-hydrogen) atoms. The molecule has 1 aliphatic carbocycles.